The fraction of sp³-hybridized carbons (Fsp3) is 0.300. The smallest absolute Gasteiger partial charge is 0.268 e. The highest BCUT2D eigenvalue weighted by Gasteiger charge is 2.36. The standard InChI is InChI=1S/C20H21NO2S2/c1-12(2)14-10-7-11-15(13(3)4)18(14)24-25-21-19(22)16-8-5-6-9-17(16)20(21)23/h5-13H,1-4H3. The number of carbonyl (C=O) groups excluding carboxylic acids is 2. The van der Waals surface area contributed by atoms with Crippen molar-refractivity contribution in [2.45, 2.75) is 44.4 Å². The summed E-state index contributed by atoms with van der Waals surface area (Å²) in [4.78, 5) is 26.2. The van der Waals surface area contributed by atoms with Crippen LogP contribution in [-0.2, 0) is 0 Å². The Morgan fingerprint density at radius 2 is 1.24 bits per heavy atom. The fourth-order valence-corrected chi connectivity index (χ4v) is 5.60. The number of fused-ring (bicyclic) bond motifs is 1. The monoisotopic (exact) mass is 371 g/mol. The molecule has 25 heavy (non-hydrogen) atoms. The first-order chi connectivity index (χ1) is 11.9. The Morgan fingerprint density at radius 3 is 1.68 bits per heavy atom. The summed E-state index contributed by atoms with van der Waals surface area (Å²) in [6.45, 7) is 8.65. The average molecular weight is 372 g/mol. The highest BCUT2D eigenvalue weighted by atomic mass is 33.1. The number of imide groups is 1. The lowest BCUT2D eigenvalue weighted by molar-refractivity contribution is 0.0779. The van der Waals surface area contributed by atoms with E-state index < -0.39 is 0 Å². The molecule has 0 unspecified atom stereocenters. The third-order valence-corrected chi connectivity index (χ3v) is 6.64. The van der Waals surface area contributed by atoms with Crippen LogP contribution < -0.4 is 0 Å². The average Bonchev–Trinajstić information content (AvgIpc) is 2.84. The maximum absolute atomic E-state index is 12.5. The minimum Gasteiger partial charge on any atom is -0.268 e. The van der Waals surface area contributed by atoms with E-state index in [4.69, 9.17) is 0 Å². The Labute approximate surface area is 156 Å². The molecule has 0 saturated heterocycles. The van der Waals surface area contributed by atoms with Gasteiger partial charge in [-0.05, 0) is 45.9 Å². The molecule has 0 saturated carbocycles. The molecule has 3 rings (SSSR count). The van der Waals surface area contributed by atoms with E-state index in [1.807, 2.05) is 0 Å². The number of carbonyl (C=O) groups is 2. The Balaban J connectivity index is 1.88. The topological polar surface area (TPSA) is 37.4 Å². The zero-order chi connectivity index (χ0) is 18.1. The summed E-state index contributed by atoms with van der Waals surface area (Å²) in [7, 11) is 2.73. The summed E-state index contributed by atoms with van der Waals surface area (Å²) in [6.07, 6.45) is 0. The zero-order valence-electron chi connectivity index (χ0n) is 14.8. The van der Waals surface area contributed by atoms with Crippen LogP contribution in [0.15, 0.2) is 47.4 Å². The lowest BCUT2D eigenvalue weighted by Gasteiger charge is -2.20. The van der Waals surface area contributed by atoms with Crippen LogP contribution in [0.1, 0.15) is 71.4 Å². The minimum atomic E-state index is -0.230. The van der Waals surface area contributed by atoms with Crippen molar-refractivity contribution in [3.05, 3.63) is 64.7 Å². The van der Waals surface area contributed by atoms with Crippen LogP contribution >= 0.6 is 21.8 Å². The number of hydrogen-bond acceptors (Lipinski definition) is 4. The van der Waals surface area contributed by atoms with Crippen molar-refractivity contribution >= 4 is 33.6 Å². The van der Waals surface area contributed by atoms with Crippen molar-refractivity contribution in [3.63, 3.8) is 0 Å². The number of nitrogens with zero attached hydrogens (tertiary/aromatic N) is 1. The highest BCUT2D eigenvalue weighted by molar-refractivity contribution is 8.76. The largest absolute Gasteiger partial charge is 0.272 e. The van der Waals surface area contributed by atoms with Crippen LogP contribution in [0.5, 0.6) is 0 Å². The van der Waals surface area contributed by atoms with Gasteiger partial charge in [-0.15, -0.1) is 0 Å². The van der Waals surface area contributed by atoms with E-state index in [2.05, 4.69) is 45.9 Å². The van der Waals surface area contributed by atoms with E-state index in [1.165, 1.54) is 37.2 Å². The Kier molecular flexibility index (Phi) is 5.25. The highest BCUT2D eigenvalue weighted by Crippen LogP contribution is 2.44. The first-order valence-electron chi connectivity index (χ1n) is 8.37. The molecule has 2 aromatic carbocycles. The van der Waals surface area contributed by atoms with E-state index in [1.54, 1.807) is 24.3 Å². The second kappa shape index (κ2) is 7.26. The maximum Gasteiger partial charge on any atom is 0.272 e. The molecule has 5 heteroatoms. The normalized spacial score (nSPS) is 13.9. The Bertz CT molecular complexity index is 769. The van der Waals surface area contributed by atoms with Gasteiger partial charge in [0.05, 0.1) is 11.1 Å². The van der Waals surface area contributed by atoms with Crippen molar-refractivity contribution < 1.29 is 9.59 Å². The molecule has 0 spiro atoms. The van der Waals surface area contributed by atoms with Gasteiger partial charge in [0.1, 0.15) is 0 Å². The fourth-order valence-electron chi connectivity index (χ4n) is 2.89. The molecule has 1 heterocycles. The molecule has 1 aliphatic rings. The number of amides is 2. The lowest BCUT2D eigenvalue weighted by atomic mass is 9.95. The van der Waals surface area contributed by atoms with Gasteiger partial charge in [-0.2, -0.15) is 0 Å². The number of benzene rings is 2. The van der Waals surface area contributed by atoms with Gasteiger partial charge < -0.3 is 0 Å². The van der Waals surface area contributed by atoms with Crippen molar-refractivity contribution in [2.24, 2.45) is 0 Å². The molecule has 130 valence electrons. The minimum absolute atomic E-state index is 0.230. The van der Waals surface area contributed by atoms with Crippen LogP contribution in [-0.4, -0.2) is 16.1 Å². The molecule has 0 aromatic heterocycles. The first kappa shape index (κ1) is 18.1. The Hall–Kier alpha value is -1.72. The molecule has 3 nitrogen and oxygen atoms in total. The molecule has 1 aliphatic heterocycles. The molecule has 0 N–H and O–H groups in total. The maximum atomic E-state index is 12.5. The molecule has 0 aliphatic carbocycles. The van der Waals surface area contributed by atoms with E-state index in [9.17, 15) is 9.59 Å². The van der Waals surface area contributed by atoms with E-state index in [0.717, 1.165) is 4.90 Å². The molecular weight excluding hydrogens is 350 g/mol. The molecule has 0 fully saturated rings. The molecule has 0 atom stereocenters. The predicted molar refractivity (Wildman–Crippen MR) is 105 cm³/mol. The summed E-state index contributed by atoms with van der Waals surface area (Å²) in [5, 5.41) is 0. The molecular formula is C20H21NO2S2. The summed E-state index contributed by atoms with van der Waals surface area (Å²) < 4.78 is 1.27. The van der Waals surface area contributed by atoms with Crippen molar-refractivity contribution in [1.82, 2.24) is 4.31 Å². The summed E-state index contributed by atoms with van der Waals surface area (Å²) in [5.41, 5.74) is 3.48. The first-order valence-corrected chi connectivity index (χ1v) is 10.5. The van der Waals surface area contributed by atoms with Crippen molar-refractivity contribution in [2.75, 3.05) is 0 Å². The van der Waals surface area contributed by atoms with Crippen LogP contribution in [0.25, 0.3) is 0 Å². The van der Waals surface area contributed by atoms with Crippen molar-refractivity contribution in [1.29, 1.82) is 0 Å². The summed E-state index contributed by atoms with van der Waals surface area (Å²) >= 11 is 0. The second-order valence-corrected chi connectivity index (χ2v) is 8.72. The van der Waals surface area contributed by atoms with Gasteiger partial charge in [0.15, 0.2) is 0 Å². The number of rotatable bonds is 5. The molecule has 2 aromatic rings. The van der Waals surface area contributed by atoms with Crippen LogP contribution in [0, 0.1) is 0 Å². The zero-order valence-corrected chi connectivity index (χ0v) is 16.4. The van der Waals surface area contributed by atoms with Gasteiger partial charge in [-0.1, -0.05) is 58.0 Å². The van der Waals surface area contributed by atoms with Crippen LogP contribution in [0.4, 0.5) is 0 Å². The van der Waals surface area contributed by atoms with E-state index in [-0.39, 0.29) is 11.8 Å². The van der Waals surface area contributed by atoms with Gasteiger partial charge >= 0.3 is 0 Å². The van der Waals surface area contributed by atoms with Gasteiger partial charge in [0.2, 0.25) is 0 Å². The molecule has 0 bridgehead atoms. The summed E-state index contributed by atoms with van der Waals surface area (Å²) in [6, 6.07) is 13.3. The third kappa shape index (κ3) is 3.35. The second-order valence-electron chi connectivity index (χ2n) is 6.68. The van der Waals surface area contributed by atoms with Gasteiger partial charge in [0, 0.05) is 15.9 Å². The lowest BCUT2D eigenvalue weighted by Crippen LogP contribution is -2.21. The van der Waals surface area contributed by atoms with E-state index in [0.29, 0.717) is 23.0 Å². The van der Waals surface area contributed by atoms with E-state index >= 15 is 0 Å². The summed E-state index contributed by atoms with van der Waals surface area (Å²) in [5.74, 6) is 0.297. The third-order valence-electron chi connectivity index (χ3n) is 4.27. The molecule has 2 amide bonds. The van der Waals surface area contributed by atoms with Crippen LogP contribution in [0.3, 0.4) is 0 Å². The number of hydrogen-bond donors (Lipinski definition) is 0. The van der Waals surface area contributed by atoms with Crippen LogP contribution in [0.2, 0.25) is 0 Å². The quantitative estimate of drug-likeness (QED) is 0.373. The Morgan fingerprint density at radius 1 is 0.760 bits per heavy atom. The van der Waals surface area contributed by atoms with Gasteiger partial charge in [0.25, 0.3) is 11.8 Å². The van der Waals surface area contributed by atoms with Crippen molar-refractivity contribution in [3.8, 4) is 0 Å². The molecule has 0 radical (unpaired) electrons. The van der Waals surface area contributed by atoms with Gasteiger partial charge in [-0.25, -0.2) is 4.31 Å². The SMILES string of the molecule is CC(C)c1cccc(C(C)C)c1SSN1C(=O)c2ccccc2C1=O. The van der Waals surface area contributed by atoms with Gasteiger partial charge in [-0.3, -0.25) is 9.59 Å². The predicted octanol–water partition coefficient (Wildman–Crippen LogP) is 5.88.